The second kappa shape index (κ2) is 4.56. The Morgan fingerprint density at radius 1 is 1.20 bits per heavy atom. The molecule has 15 heavy (non-hydrogen) atoms. The Morgan fingerprint density at radius 2 is 1.93 bits per heavy atom. The first kappa shape index (κ1) is 10.3. The molecule has 1 aliphatic carbocycles. The minimum atomic E-state index is 0.756. The van der Waals surface area contributed by atoms with Gasteiger partial charge >= 0.3 is 0 Å². The zero-order valence-electron chi connectivity index (χ0n) is 9.42. The number of nitrogens with one attached hydrogen (secondary N) is 1. The first-order chi connectivity index (χ1) is 7.31. The van der Waals surface area contributed by atoms with E-state index in [9.17, 15) is 0 Å². The normalized spacial score (nSPS) is 17.7. The second-order valence-corrected chi connectivity index (χ2v) is 4.43. The first-order valence-corrected chi connectivity index (χ1v) is 5.88. The van der Waals surface area contributed by atoms with Crippen LogP contribution in [0.3, 0.4) is 0 Å². The van der Waals surface area contributed by atoms with E-state index in [0.29, 0.717) is 0 Å². The second-order valence-electron chi connectivity index (χ2n) is 4.43. The molecule has 1 aliphatic rings. The van der Waals surface area contributed by atoms with Crippen molar-refractivity contribution in [2.45, 2.75) is 38.0 Å². The monoisotopic (exact) mass is 204 g/mol. The molecule has 2 heteroatoms. The molecule has 82 valence electrons. The molecule has 0 atom stereocenters. The SMILES string of the molecule is CNc1cc(C2CCCCC2)ccc1N. The van der Waals surface area contributed by atoms with Crippen molar-refractivity contribution in [3.63, 3.8) is 0 Å². The molecular weight excluding hydrogens is 184 g/mol. The van der Waals surface area contributed by atoms with Crippen LogP contribution in [0.25, 0.3) is 0 Å². The van der Waals surface area contributed by atoms with Gasteiger partial charge in [0.1, 0.15) is 0 Å². The van der Waals surface area contributed by atoms with Crippen LogP contribution in [0, 0.1) is 0 Å². The molecule has 1 saturated carbocycles. The van der Waals surface area contributed by atoms with Gasteiger partial charge in [-0.1, -0.05) is 25.3 Å². The fourth-order valence-electron chi connectivity index (χ4n) is 2.48. The van der Waals surface area contributed by atoms with Crippen LogP contribution < -0.4 is 11.1 Å². The van der Waals surface area contributed by atoms with Crippen LogP contribution in [-0.2, 0) is 0 Å². The van der Waals surface area contributed by atoms with Crippen LogP contribution in [0.5, 0.6) is 0 Å². The van der Waals surface area contributed by atoms with E-state index in [-0.39, 0.29) is 0 Å². The number of nitrogen functional groups attached to an aromatic ring is 1. The fourth-order valence-corrected chi connectivity index (χ4v) is 2.48. The van der Waals surface area contributed by atoms with Crippen molar-refractivity contribution in [3.8, 4) is 0 Å². The van der Waals surface area contributed by atoms with Crippen molar-refractivity contribution < 1.29 is 0 Å². The molecule has 0 amide bonds. The summed E-state index contributed by atoms with van der Waals surface area (Å²) >= 11 is 0. The largest absolute Gasteiger partial charge is 0.397 e. The Kier molecular flexibility index (Phi) is 3.14. The third-order valence-electron chi connectivity index (χ3n) is 3.42. The van der Waals surface area contributed by atoms with E-state index >= 15 is 0 Å². The average Bonchev–Trinajstić information content (AvgIpc) is 2.31. The van der Waals surface area contributed by atoms with Crippen molar-refractivity contribution in [2.75, 3.05) is 18.1 Å². The van der Waals surface area contributed by atoms with Crippen molar-refractivity contribution in [1.29, 1.82) is 0 Å². The van der Waals surface area contributed by atoms with Crippen LogP contribution >= 0.6 is 0 Å². The first-order valence-electron chi connectivity index (χ1n) is 5.88. The molecule has 0 heterocycles. The molecule has 0 aromatic heterocycles. The molecule has 2 rings (SSSR count). The number of hydrogen-bond donors (Lipinski definition) is 2. The summed E-state index contributed by atoms with van der Waals surface area (Å²) in [5, 5.41) is 3.15. The van der Waals surface area contributed by atoms with Crippen molar-refractivity contribution in [1.82, 2.24) is 0 Å². The van der Waals surface area contributed by atoms with E-state index in [2.05, 4.69) is 17.4 Å². The smallest absolute Gasteiger partial charge is 0.0574 e. The molecule has 0 saturated heterocycles. The topological polar surface area (TPSA) is 38.0 Å². The maximum Gasteiger partial charge on any atom is 0.0574 e. The van der Waals surface area contributed by atoms with E-state index in [0.717, 1.165) is 17.3 Å². The average molecular weight is 204 g/mol. The molecule has 1 aromatic rings. The van der Waals surface area contributed by atoms with Gasteiger partial charge in [0.2, 0.25) is 0 Å². The van der Waals surface area contributed by atoms with Gasteiger partial charge in [-0.2, -0.15) is 0 Å². The molecule has 0 bridgehead atoms. The predicted molar refractivity (Wildman–Crippen MR) is 66.2 cm³/mol. The Bertz CT molecular complexity index is 327. The van der Waals surface area contributed by atoms with Gasteiger partial charge in [0, 0.05) is 7.05 Å². The fraction of sp³-hybridized carbons (Fsp3) is 0.538. The zero-order valence-corrected chi connectivity index (χ0v) is 9.42. The predicted octanol–water partition coefficient (Wildman–Crippen LogP) is 3.36. The quantitative estimate of drug-likeness (QED) is 0.725. The van der Waals surface area contributed by atoms with Gasteiger partial charge in [-0.3, -0.25) is 0 Å². The summed E-state index contributed by atoms with van der Waals surface area (Å²) < 4.78 is 0. The van der Waals surface area contributed by atoms with Gasteiger partial charge in [-0.15, -0.1) is 0 Å². The lowest BCUT2D eigenvalue weighted by Crippen LogP contribution is -2.05. The summed E-state index contributed by atoms with van der Waals surface area (Å²) in [4.78, 5) is 0. The Labute approximate surface area is 91.9 Å². The maximum absolute atomic E-state index is 5.87. The minimum Gasteiger partial charge on any atom is -0.397 e. The summed E-state index contributed by atoms with van der Waals surface area (Å²) in [7, 11) is 1.93. The minimum absolute atomic E-state index is 0.756. The molecule has 0 unspecified atom stereocenters. The number of nitrogens with two attached hydrogens (primary N) is 1. The van der Waals surface area contributed by atoms with E-state index in [4.69, 9.17) is 5.73 Å². The number of rotatable bonds is 2. The van der Waals surface area contributed by atoms with Gasteiger partial charge in [0.15, 0.2) is 0 Å². The lowest BCUT2D eigenvalue weighted by molar-refractivity contribution is 0.444. The summed E-state index contributed by atoms with van der Waals surface area (Å²) in [6, 6.07) is 6.42. The molecule has 1 fully saturated rings. The standard InChI is InChI=1S/C13H20N2/c1-15-13-9-11(7-8-12(13)14)10-5-3-2-4-6-10/h7-10,15H,2-6,14H2,1H3. The Morgan fingerprint density at radius 3 is 2.60 bits per heavy atom. The molecule has 0 aliphatic heterocycles. The lowest BCUT2D eigenvalue weighted by Gasteiger charge is -2.22. The van der Waals surface area contributed by atoms with E-state index in [1.807, 2.05) is 13.1 Å². The van der Waals surface area contributed by atoms with Gasteiger partial charge in [-0.25, -0.2) is 0 Å². The van der Waals surface area contributed by atoms with Crippen LogP contribution in [0.2, 0.25) is 0 Å². The van der Waals surface area contributed by atoms with Gasteiger partial charge in [0.25, 0.3) is 0 Å². The van der Waals surface area contributed by atoms with Crippen molar-refractivity contribution in [3.05, 3.63) is 23.8 Å². The molecule has 2 nitrogen and oxygen atoms in total. The maximum atomic E-state index is 5.87. The van der Waals surface area contributed by atoms with Gasteiger partial charge in [0.05, 0.1) is 11.4 Å². The van der Waals surface area contributed by atoms with Crippen molar-refractivity contribution >= 4 is 11.4 Å². The van der Waals surface area contributed by atoms with Crippen LogP contribution in [0.4, 0.5) is 11.4 Å². The lowest BCUT2D eigenvalue weighted by atomic mass is 9.84. The molecule has 3 N–H and O–H groups in total. The van der Waals surface area contributed by atoms with E-state index in [1.165, 1.54) is 37.7 Å². The summed E-state index contributed by atoms with van der Waals surface area (Å²) in [5.74, 6) is 0.756. The van der Waals surface area contributed by atoms with Gasteiger partial charge in [-0.05, 0) is 36.5 Å². The summed E-state index contributed by atoms with van der Waals surface area (Å²) in [5.41, 5.74) is 9.23. The highest BCUT2D eigenvalue weighted by Crippen LogP contribution is 2.34. The molecular formula is C13H20N2. The van der Waals surface area contributed by atoms with Crippen LogP contribution in [-0.4, -0.2) is 7.05 Å². The highest BCUT2D eigenvalue weighted by molar-refractivity contribution is 5.67. The van der Waals surface area contributed by atoms with Gasteiger partial charge < -0.3 is 11.1 Å². The zero-order chi connectivity index (χ0) is 10.7. The number of anilines is 2. The third kappa shape index (κ3) is 2.25. The number of benzene rings is 1. The Hall–Kier alpha value is -1.18. The van der Waals surface area contributed by atoms with E-state index in [1.54, 1.807) is 0 Å². The van der Waals surface area contributed by atoms with Crippen LogP contribution in [0.15, 0.2) is 18.2 Å². The molecule has 1 aromatic carbocycles. The highest BCUT2D eigenvalue weighted by atomic mass is 14.8. The Balaban J connectivity index is 2.20. The molecule has 0 spiro atoms. The highest BCUT2D eigenvalue weighted by Gasteiger charge is 2.15. The summed E-state index contributed by atoms with van der Waals surface area (Å²) in [6.07, 6.45) is 6.85. The summed E-state index contributed by atoms with van der Waals surface area (Å²) in [6.45, 7) is 0. The third-order valence-corrected chi connectivity index (χ3v) is 3.42. The number of hydrogen-bond acceptors (Lipinski definition) is 2. The molecule has 0 radical (unpaired) electrons. The van der Waals surface area contributed by atoms with Crippen LogP contribution in [0.1, 0.15) is 43.6 Å². The van der Waals surface area contributed by atoms with E-state index < -0.39 is 0 Å². The van der Waals surface area contributed by atoms with Crippen molar-refractivity contribution in [2.24, 2.45) is 0 Å².